The van der Waals surface area contributed by atoms with Crippen molar-refractivity contribution in [1.82, 2.24) is 0 Å². The molecule has 0 aromatic heterocycles. The number of thioether (sulfide) groups is 1. The maximum atomic E-state index is 11.0. The molecule has 0 spiro atoms. The Kier molecular flexibility index (Phi) is 4.17. The van der Waals surface area contributed by atoms with Gasteiger partial charge in [0, 0.05) is 22.7 Å². The Balaban J connectivity index is 2.19. The summed E-state index contributed by atoms with van der Waals surface area (Å²) in [7, 11) is 0. The van der Waals surface area contributed by atoms with Gasteiger partial charge in [-0.15, -0.1) is 0 Å². The number of rotatable bonds is 4. The van der Waals surface area contributed by atoms with Crippen LogP contribution in [-0.2, 0) is 4.79 Å². The zero-order valence-electron chi connectivity index (χ0n) is 10.8. The molecule has 1 aliphatic heterocycles. The fraction of sp³-hybridized carbons (Fsp3) is 0.500. The van der Waals surface area contributed by atoms with Crippen LogP contribution >= 0.6 is 11.8 Å². The molecule has 98 valence electrons. The standard InChI is InChI=1S/C14H19NO2S/c1-10-3-5-12(6-4-10)15(8-14(16)17)13-7-11(2)18-9-13/h3-6,11,13H,7-9H2,1-2H3,(H,16,17). The van der Waals surface area contributed by atoms with Crippen molar-refractivity contribution in [3.63, 3.8) is 0 Å². The molecule has 4 heteroatoms. The van der Waals surface area contributed by atoms with Gasteiger partial charge in [0.05, 0.1) is 0 Å². The highest BCUT2D eigenvalue weighted by Crippen LogP contribution is 2.32. The summed E-state index contributed by atoms with van der Waals surface area (Å²) < 4.78 is 0. The summed E-state index contributed by atoms with van der Waals surface area (Å²) in [6.07, 6.45) is 1.06. The van der Waals surface area contributed by atoms with Crippen LogP contribution in [0.4, 0.5) is 5.69 Å². The van der Waals surface area contributed by atoms with E-state index in [1.165, 1.54) is 5.56 Å². The van der Waals surface area contributed by atoms with Gasteiger partial charge in [0.2, 0.25) is 0 Å². The van der Waals surface area contributed by atoms with Crippen LogP contribution in [0.3, 0.4) is 0 Å². The van der Waals surface area contributed by atoms with E-state index in [-0.39, 0.29) is 6.54 Å². The smallest absolute Gasteiger partial charge is 0.323 e. The van der Waals surface area contributed by atoms with Crippen LogP contribution in [0.15, 0.2) is 24.3 Å². The Morgan fingerprint density at radius 1 is 1.44 bits per heavy atom. The highest BCUT2D eigenvalue weighted by Gasteiger charge is 2.28. The molecule has 1 N–H and O–H groups in total. The SMILES string of the molecule is Cc1ccc(N(CC(=O)O)C2CSC(C)C2)cc1. The normalized spacial score (nSPS) is 23.0. The maximum Gasteiger partial charge on any atom is 0.323 e. The first kappa shape index (κ1) is 13.3. The number of benzene rings is 1. The monoisotopic (exact) mass is 265 g/mol. The number of aliphatic carboxylic acids is 1. The van der Waals surface area contributed by atoms with E-state index in [9.17, 15) is 4.79 Å². The molecule has 0 saturated carbocycles. The van der Waals surface area contributed by atoms with Gasteiger partial charge in [-0.1, -0.05) is 24.6 Å². The molecule has 1 fully saturated rings. The fourth-order valence-electron chi connectivity index (χ4n) is 2.32. The van der Waals surface area contributed by atoms with E-state index < -0.39 is 5.97 Å². The van der Waals surface area contributed by atoms with Crippen molar-refractivity contribution in [1.29, 1.82) is 0 Å². The lowest BCUT2D eigenvalue weighted by atomic mass is 10.1. The Hall–Kier alpha value is -1.16. The third-order valence-corrected chi connectivity index (χ3v) is 4.63. The number of carboxylic acid groups (broad SMARTS) is 1. The highest BCUT2D eigenvalue weighted by molar-refractivity contribution is 8.00. The molecule has 2 atom stereocenters. The summed E-state index contributed by atoms with van der Waals surface area (Å²) in [6.45, 7) is 4.33. The van der Waals surface area contributed by atoms with E-state index in [0.29, 0.717) is 11.3 Å². The first-order valence-corrected chi connectivity index (χ1v) is 7.28. The highest BCUT2D eigenvalue weighted by atomic mass is 32.2. The zero-order chi connectivity index (χ0) is 13.1. The quantitative estimate of drug-likeness (QED) is 0.909. The molecule has 3 nitrogen and oxygen atoms in total. The Morgan fingerprint density at radius 2 is 2.11 bits per heavy atom. The van der Waals surface area contributed by atoms with Crippen molar-refractivity contribution in [3.8, 4) is 0 Å². The number of aryl methyl sites for hydroxylation is 1. The average Bonchev–Trinajstić information content (AvgIpc) is 2.74. The van der Waals surface area contributed by atoms with E-state index in [1.54, 1.807) is 0 Å². The maximum absolute atomic E-state index is 11.0. The Labute approximate surface area is 112 Å². The molecular formula is C14H19NO2S. The molecule has 1 heterocycles. The summed E-state index contributed by atoms with van der Waals surface area (Å²) in [5, 5.41) is 9.70. The molecule has 0 radical (unpaired) electrons. The molecule has 18 heavy (non-hydrogen) atoms. The van der Waals surface area contributed by atoms with Crippen molar-refractivity contribution in [2.45, 2.75) is 31.6 Å². The fourth-order valence-corrected chi connectivity index (χ4v) is 3.55. The lowest BCUT2D eigenvalue weighted by molar-refractivity contribution is -0.135. The van der Waals surface area contributed by atoms with Gasteiger partial charge in [-0.05, 0) is 25.5 Å². The minimum atomic E-state index is -0.764. The van der Waals surface area contributed by atoms with E-state index in [2.05, 4.69) is 6.92 Å². The zero-order valence-corrected chi connectivity index (χ0v) is 11.6. The summed E-state index contributed by atoms with van der Waals surface area (Å²) >= 11 is 1.92. The van der Waals surface area contributed by atoms with E-state index >= 15 is 0 Å². The first-order chi connectivity index (χ1) is 8.56. The topological polar surface area (TPSA) is 40.5 Å². The third-order valence-electron chi connectivity index (χ3n) is 3.29. The van der Waals surface area contributed by atoms with Gasteiger partial charge in [0.1, 0.15) is 6.54 Å². The molecule has 0 aliphatic carbocycles. The van der Waals surface area contributed by atoms with Gasteiger partial charge in [-0.2, -0.15) is 11.8 Å². The predicted octanol–water partition coefficient (Wildman–Crippen LogP) is 2.78. The number of nitrogens with zero attached hydrogens (tertiary/aromatic N) is 1. The largest absolute Gasteiger partial charge is 0.480 e. The van der Waals surface area contributed by atoms with Gasteiger partial charge in [0.25, 0.3) is 0 Å². The van der Waals surface area contributed by atoms with Crippen LogP contribution in [0, 0.1) is 6.92 Å². The van der Waals surface area contributed by atoms with Crippen molar-refractivity contribution in [3.05, 3.63) is 29.8 Å². The summed E-state index contributed by atoms with van der Waals surface area (Å²) in [6, 6.07) is 8.45. The number of carboxylic acids is 1. The van der Waals surface area contributed by atoms with Crippen molar-refractivity contribution < 1.29 is 9.90 Å². The van der Waals surface area contributed by atoms with Crippen molar-refractivity contribution in [2.24, 2.45) is 0 Å². The van der Waals surface area contributed by atoms with E-state index in [1.807, 2.05) is 47.9 Å². The minimum absolute atomic E-state index is 0.0843. The average molecular weight is 265 g/mol. The van der Waals surface area contributed by atoms with Gasteiger partial charge >= 0.3 is 5.97 Å². The van der Waals surface area contributed by atoms with Gasteiger partial charge in [0.15, 0.2) is 0 Å². The summed E-state index contributed by atoms with van der Waals surface area (Å²) in [5.74, 6) is 0.252. The second-order valence-electron chi connectivity index (χ2n) is 4.89. The van der Waals surface area contributed by atoms with Crippen LogP contribution in [0.2, 0.25) is 0 Å². The van der Waals surface area contributed by atoms with Crippen LogP contribution in [0.5, 0.6) is 0 Å². The number of anilines is 1. The van der Waals surface area contributed by atoms with E-state index in [0.717, 1.165) is 17.9 Å². The van der Waals surface area contributed by atoms with Gasteiger partial charge in [-0.25, -0.2) is 0 Å². The van der Waals surface area contributed by atoms with Crippen LogP contribution in [0.1, 0.15) is 18.9 Å². The molecule has 2 unspecified atom stereocenters. The third kappa shape index (κ3) is 3.19. The van der Waals surface area contributed by atoms with Gasteiger partial charge in [-0.3, -0.25) is 4.79 Å². The van der Waals surface area contributed by atoms with E-state index in [4.69, 9.17) is 5.11 Å². The second-order valence-corrected chi connectivity index (χ2v) is 6.36. The van der Waals surface area contributed by atoms with Crippen LogP contribution < -0.4 is 4.90 Å². The summed E-state index contributed by atoms with van der Waals surface area (Å²) in [5.41, 5.74) is 2.21. The van der Waals surface area contributed by atoms with Crippen molar-refractivity contribution >= 4 is 23.4 Å². The molecule has 1 aliphatic rings. The molecule has 0 bridgehead atoms. The molecular weight excluding hydrogens is 246 g/mol. The van der Waals surface area contributed by atoms with Crippen LogP contribution in [-0.4, -0.2) is 34.7 Å². The summed E-state index contributed by atoms with van der Waals surface area (Å²) in [4.78, 5) is 13.1. The number of carbonyl (C=O) groups is 1. The van der Waals surface area contributed by atoms with Crippen LogP contribution in [0.25, 0.3) is 0 Å². The first-order valence-electron chi connectivity index (χ1n) is 6.23. The molecule has 1 aromatic carbocycles. The lowest BCUT2D eigenvalue weighted by Gasteiger charge is -2.29. The Morgan fingerprint density at radius 3 is 2.61 bits per heavy atom. The lowest BCUT2D eigenvalue weighted by Crippen LogP contribution is -2.39. The van der Waals surface area contributed by atoms with Gasteiger partial charge < -0.3 is 10.0 Å². The Bertz CT molecular complexity index is 418. The minimum Gasteiger partial charge on any atom is -0.480 e. The van der Waals surface area contributed by atoms with Crippen molar-refractivity contribution in [2.75, 3.05) is 17.2 Å². The number of hydrogen-bond acceptors (Lipinski definition) is 3. The number of hydrogen-bond donors (Lipinski definition) is 1. The predicted molar refractivity (Wildman–Crippen MR) is 76.5 cm³/mol. The molecule has 1 aromatic rings. The molecule has 2 rings (SSSR count). The molecule has 0 amide bonds. The second kappa shape index (κ2) is 5.65. The molecule has 1 saturated heterocycles.